The standard InChI is InChI=1S/C18H22N2O/c1-2-20(11-14-6-5-7-16(19)10-14)12-15-13-21-18-9-4-3-8-17(15)18/h3-10,15H,2,11-13,19H2,1H3. The Bertz CT molecular complexity index is 612. The number of hydrogen-bond donors (Lipinski definition) is 1. The fourth-order valence-electron chi connectivity index (χ4n) is 2.95. The Morgan fingerprint density at radius 2 is 2.05 bits per heavy atom. The average molecular weight is 282 g/mol. The zero-order chi connectivity index (χ0) is 14.7. The van der Waals surface area contributed by atoms with Gasteiger partial charge in [0.15, 0.2) is 0 Å². The van der Waals surface area contributed by atoms with Gasteiger partial charge in [0.25, 0.3) is 0 Å². The topological polar surface area (TPSA) is 38.5 Å². The van der Waals surface area contributed by atoms with Gasteiger partial charge in [0, 0.05) is 30.3 Å². The molecular formula is C18H22N2O. The van der Waals surface area contributed by atoms with Gasteiger partial charge in [-0.25, -0.2) is 0 Å². The van der Waals surface area contributed by atoms with Crippen LogP contribution in [0.5, 0.6) is 5.75 Å². The molecule has 0 saturated carbocycles. The van der Waals surface area contributed by atoms with Crippen LogP contribution in [0.3, 0.4) is 0 Å². The van der Waals surface area contributed by atoms with Gasteiger partial charge in [-0.2, -0.15) is 0 Å². The Kier molecular flexibility index (Phi) is 4.11. The summed E-state index contributed by atoms with van der Waals surface area (Å²) in [5, 5.41) is 0. The van der Waals surface area contributed by atoms with Crippen LogP contribution in [0.25, 0.3) is 0 Å². The lowest BCUT2D eigenvalue weighted by Gasteiger charge is -2.23. The molecule has 1 atom stereocenters. The van der Waals surface area contributed by atoms with Crippen LogP contribution in [-0.2, 0) is 6.54 Å². The number of nitrogen functional groups attached to an aromatic ring is 1. The van der Waals surface area contributed by atoms with Crippen molar-refractivity contribution in [1.29, 1.82) is 0 Å². The van der Waals surface area contributed by atoms with Gasteiger partial charge >= 0.3 is 0 Å². The number of hydrogen-bond acceptors (Lipinski definition) is 3. The number of ether oxygens (including phenoxy) is 1. The Labute approximate surface area is 126 Å². The van der Waals surface area contributed by atoms with Crippen LogP contribution in [0, 0.1) is 0 Å². The van der Waals surface area contributed by atoms with E-state index in [-0.39, 0.29) is 0 Å². The van der Waals surface area contributed by atoms with Crippen molar-refractivity contribution in [3.05, 3.63) is 59.7 Å². The maximum absolute atomic E-state index is 5.86. The van der Waals surface area contributed by atoms with Gasteiger partial charge in [-0.3, -0.25) is 4.90 Å². The third-order valence-corrected chi connectivity index (χ3v) is 4.08. The average Bonchev–Trinajstić information content (AvgIpc) is 2.90. The molecule has 0 aromatic heterocycles. The van der Waals surface area contributed by atoms with Crippen molar-refractivity contribution in [2.24, 2.45) is 0 Å². The van der Waals surface area contributed by atoms with Crippen LogP contribution < -0.4 is 10.5 Å². The summed E-state index contributed by atoms with van der Waals surface area (Å²) in [5.41, 5.74) is 9.30. The van der Waals surface area contributed by atoms with Crippen molar-refractivity contribution in [2.45, 2.75) is 19.4 Å². The number of benzene rings is 2. The van der Waals surface area contributed by atoms with Gasteiger partial charge < -0.3 is 10.5 Å². The Morgan fingerprint density at radius 1 is 1.19 bits per heavy atom. The molecule has 3 heteroatoms. The van der Waals surface area contributed by atoms with E-state index in [0.717, 1.165) is 37.7 Å². The van der Waals surface area contributed by atoms with E-state index in [0.29, 0.717) is 5.92 Å². The van der Waals surface area contributed by atoms with Crippen LogP contribution >= 0.6 is 0 Å². The van der Waals surface area contributed by atoms with E-state index in [1.807, 2.05) is 18.2 Å². The van der Waals surface area contributed by atoms with Crippen LogP contribution in [0.4, 0.5) is 5.69 Å². The smallest absolute Gasteiger partial charge is 0.122 e. The highest BCUT2D eigenvalue weighted by atomic mass is 16.5. The molecule has 1 aliphatic heterocycles. The lowest BCUT2D eigenvalue weighted by molar-refractivity contribution is 0.235. The summed E-state index contributed by atoms with van der Waals surface area (Å²) >= 11 is 0. The van der Waals surface area contributed by atoms with Gasteiger partial charge in [-0.15, -0.1) is 0 Å². The lowest BCUT2D eigenvalue weighted by Crippen LogP contribution is -2.28. The molecule has 3 nitrogen and oxygen atoms in total. The predicted molar refractivity (Wildman–Crippen MR) is 86.5 cm³/mol. The summed E-state index contributed by atoms with van der Waals surface area (Å²) < 4.78 is 5.78. The van der Waals surface area contributed by atoms with Crippen LogP contribution in [-0.4, -0.2) is 24.6 Å². The highest BCUT2D eigenvalue weighted by Crippen LogP contribution is 2.34. The van der Waals surface area contributed by atoms with E-state index in [9.17, 15) is 0 Å². The first-order valence-corrected chi connectivity index (χ1v) is 7.54. The third kappa shape index (κ3) is 3.19. The summed E-state index contributed by atoms with van der Waals surface area (Å²) in [6.45, 7) is 5.96. The van der Waals surface area contributed by atoms with Crippen LogP contribution in [0.15, 0.2) is 48.5 Å². The fourth-order valence-corrected chi connectivity index (χ4v) is 2.95. The molecule has 110 valence electrons. The summed E-state index contributed by atoms with van der Waals surface area (Å²) in [4.78, 5) is 2.45. The molecule has 2 aromatic rings. The summed E-state index contributed by atoms with van der Waals surface area (Å²) in [7, 11) is 0. The zero-order valence-corrected chi connectivity index (χ0v) is 12.5. The van der Waals surface area contributed by atoms with Crippen molar-refractivity contribution in [3.63, 3.8) is 0 Å². The summed E-state index contributed by atoms with van der Waals surface area (Å²) in [6, 6.07) is 16.5. The normalized spacial score (nSPS) is 16.8. The molecule has 0 aliphatic carbocycles. The van der Waals surface area contributed by atoms with Gasteiger partial charge in [-0.05, 0) is 30.3 Å². The Morgan fingerprint density at radius 3 is 2.86 bits per heavy atom. The Hall–Kier alpha value is -2.00. The lowest BCUT2D eigenvalue weighted by atomic mass is 10.0. The molecular weight excluding hydrogens is 260 g/mol. The molecule has 3 rings (SSSR count). The number of anilines is 1. The van der Waals surface area contributed by atoms with Crippen LogP contribution in [0.2, 0.25) is 0 Å². The first-order valence-electron chi connectivity index (χ1n) is 7.54. The van der Waals surface area contributed by atoms with E-state index >= 15 is 0 Å². The van der Waals surface area contributed by atoms with Crippen LogP contribution in [0.1, 0.15) is 24.0 Å². The van der Waals surface area contributed by atoms with Gasteiger partial charge in [0.1, 0.15) is 5.75 Å². The molecule has 1 aliphatic rings. The predicted octanol–water partition coefficient (Wildman–Crippen LogP) is 3.27. The van der Waals surface area contributed by atoms with Crippen molar-refractivity contribution in [1.82, 2.24) is 4.90 Å². The van der Waals surface area contributed by atoms with Crippen molar-refractivity contribution in [2.75, 3.05) is 25.4 Å². The van der Waals surface area contributed by atoms with Gasteiger partial charge in [0.2, 0.25) is 0 Å². The monoisotopic (exact) mass is 282 g/mol. The zero-order valence-electron chi connectivity index (χ0n) is 12.5. The highest BCUT2D eigenvalue weighted by molar-refractivity contribution is 5.41. The van der Waals surface area contributed by atoms with E-state index in [4.69, 9.17) is 10.5 Å². The number of fused-ring (bicyclic) bond motifs is 1. The number of para-hydroxylation sites is 1. The number of nitrogens with two attached hydrogens (primary N) is 1. The largest absolute Gasteiger partial charge is 0.493 e. The summed E-state index contributed by atoms with van der Waals surface area (Å²) in [5.74, 6) is 1.50. The molecule has 0 amide bonds. The molecule has 21 heavy (non-hydrogen) atoms. The van der Waals surface area contributed by atoms with E-state index in [2.05, 4.69) is 42.2 Å². The molecule has 2 N–H and O–H groups in total. The molecule has 0 bridgehead atoms. The molecule has 0 radical (unpaired) electrons. The van der Waals surface area contributed by atoms with E-state index < -0.39 is 0 Å². The van der Waals surface area contributed by atoms with Crippen molar-refractivity contribution >= 4 is 5.69 Å². The maximum atomic E-state index is 5.86. The second kappa shape index (κ2) is 6.19. The molecule has 0 spiro atoms. The quantitative estimate of drug-likeness (QED) is 0.855. The minimum Gasteiger partial charge on any atom is -0.493 e. The minimum absolute atomic E-state index is 0.460. The van der Waals surface area contributed by atoms with E-state index in [1.165, 1.54) is 11.1 Å². The second-order valence-corrected chi connectivity index (χ2v) is 5.62. The first-order chi connectivity index (χ1) is 10.3. The SMILES string of the molecule is CCN(Cc1cccc(N)c1)CC1COc2ccccc21. The second-order valence-electron chi connectivity index (χ2n) is 5.62. The number of nitrogens with zero attached hydrogens (tertiary/aromatic N) is 1. The summed E-state index contributed by atoms with van der Waals surface area (Å²) in [6.07, 6.45) is 0. The number of rotatable bonds is 5. The highest BCUT2D eigenvalue weighted by Gasteiger charge is 2.25. The number of likely N-dealkylation sites (N-methyl/N-ethyl adjacent to an activating group) is 1. The van der Waals surface area contributed by atoms with E-state index in [1.54, 1.807) is 0 Å². The van der Waals surface area contributed by atoms with Crippen molar-refractivity contribution in [3.8, 4) is 5.75 Å². The molecule has 1 unspecified atom stereocenters. The third-order valence-electron chi connectivity index (χ3n) is 4.08. The minimum atomic E-state index is 0.460. The molecule has 0 fully saturated rings. The molecule has 1 heterocycles. The van der Waals surface area contributed by atoms with Gasteiger partial charge in [0.05, 0.1) is 6.61 Å². The fraction of sp³-hybridized carbons (Fsp3) is 0.333. The molecule has 2 aromatic carbocycles. The first kappa shape index (κ1) is 14.0. The Balaban J connectivity index is 1.68. The van der Waals surface area contributed by atoms with Gasteiger partial charge in [-0.1, -0.05) is 37.3 Å². The molecule has 0 saturated heterocycles. The maximum Gasteiger partial charge on any atom is 0.122 e. The van der Waals surface area contributed by atoms with Crippen molar-refractivity contribution < 1.29 is 4.74 Å².